The Morgan fingerprint density at radius 2 is 0.957 bits per heavy atom. The van der Waals surface area contributed by atoms with E-state index in [1.165, 1.54) is 22.3 Å². The summed E-state index contributed by atoms with van der Waals surface area (Å²) in [5, 5.41) is 19.3. The first-order valence-electron chi connectivity index (χ1n) is 7.83. The van der Waals surface area contributed by atoms with E-state index in [0.29, 0.717) is 0 Å². The number of benzene rings is 3. The minimum Gasteiger partial charge on any atom is -0.508 e. The zero-order valence-electron chi connectivity index (χ0n) is 12.7. The lowest BCUT2D eigenvalue weighted by Gasteiger charge is -2.30. The summed E-state index contributed by atoms with van der Waals surface area (Å²) >= 11 is 0. The first kappa shape index (κ1) is 13.9. The van der Waals surface area contributed by atoms with Crippen LogP contribution in [0.15, 0.2) is 72.8 Å². The number of phenolic OH excluding ortho intramolecular Hbond substituents is 2. The molecule has 0 spiro atoms. The Labute approximate surface area is 135 Å². The summed E-state index contributed by atoms with van der Waals surface area (Å²) in [7, 11) is 0. The van der Waals surface area contributed by atoms with Gasteiger partial charge in [-0.1, -0.05) is 48.5 Å². The molecule has 2 heteroatoms. The fraction of sp³-hybridized carbons (Fsp3) is 0.143. The minimum absolute atomic E-state index is 0.148. The third-order valence-electron chi connectivity index (χ3n) is 4.94. The lowest BCUT2D eigenvalue weighted by molar-refractivity contribution is 0.472. The summed E-state index contributed by atoms with van der Waals surface area (Å²) < 4.78 is 0. The summed E-state index contributed by atoms with van der Waals surface area (Å²) in [5.41, 5.74) is 4.97. The first-order valence-corrected chi connectivity index (χ1v) is 7.83. The van der Waals surface area contributed by atoms with E-state index in [-0.39, 0.29) is 16.9 Å². The molecule has 0 aliphatic heterocycles. The third kappa shape index (κ3) is 2.27. The van der Waals surface area contributed by atoms with Crippen molar-refractivity contribution in [1.29, 1.82) is 0 Å². The molecule has 3 aromatic rings. The molecular weight excluding hydrogens is 284 g/mol. The summed E-state index contributed by atoms with van der Waals surface area (Å²) in [6, 6.07) is 23.6. The molecule has 0 heterocycles. The van der Waals surface area contributed by atoms with Gasteiger partial charge in [0.15, 0.2) is 0 Å². The van der Waals surface area contributed by atoms with Crippen LogP contribution in [0.5, 0.6) is 11.5 Å². The van der Waals surface area contributed by atoms with Crippen LogP contribution in [-0.2, 0) is 18.3 Å². The SMILES string of the molecule is Oc1ccc(C2(c3ccc(O)cc3)Cc3ccccc3C2)cc1. The summed E-state index contributed by atoms with van der Waals surface area (Å²) in [6.07, 6.45) is 1.86. The van der Waals surface area contributed by atoms with E-state index in [4.69, 9.17) is 0 Å². The average molecular weight is 302 g/mol. The first-order chi connectivity index (χ1) is 11.2. The highest BCUT2D eigenvalue weighted by atomic mass is 16.3. The average Bonchev–Trinajstić information content (AvgIpc) is 2.96. The van der Waals surface area contributed by atoms with Gasteiger partial charge in [0.25, 0.3) is 0 Å². The van der Waals surface area contributed by atoms with Gasteiger partial charge in [0.05, 0.1) is 0 Å². The number of aromatic hydroxyl groups is 2. The number of rotatable bonds is 2. The highest BCUT2D eigenvalue weighted by Crippen LogP contribution is 2.45. The molecule has 0 radical (unpaired) electrons. The van der Waals surface area contributed by atoms with Crippen LogP contribution in [0.4, 0.5) is 0 Å². The zero-order chi connectivity index (χ0) is 15.9. The van der Waals surface area contributed by atoms with Gasteiger partial charge >= 0.3 is 0 Å². The number of fused-ring (bicyclic) bond motifs is 1. The molecule has 2 nitrogen and oxygen atoms in total. The molecule has 4 rings (SSSR count). The summed E-state index contributed by atoms with van der Waals surface area (Å²) in [4.78, 5) is 0. The molecule has 3 aromatic carbocycles. The molecule has 2 N–H and O–H groups in total. The molecular formula is C21H18O2. The van der Waals surface area contributed by atoms with E-state index in [2.05, 4.69) is 24.3 Å². The zero-order valence-corrected chi connectivity index (χ0v) is 12.7. The van der Waals surface area contributed by atoms with E-state index < -0.39 is 0 Å². The van der Waals surface area contributed by atoms with Gasteiger partial charge in [0.1, 0.15) is 11.5 Å². The smallest absolute Gasteiger partial charge is 0.115 e. The monoisotopic (exact) mass is 302 g/mol. The van der Waals surface area contributed by atoms with Crippen molar-refractivity contribution in [2.75, 3.05) is 0 Å². The molecule has 0 fully saturated rings. The highest BCUT2D eigenvalue weighted by molar-refractivity contribution is 5.51. The van der Waals surface area contributed by atoms with Crippen LogP contribution in [0.3, 0.4) is 0 Å². The summed E-state index contributed by atoms with van der Waals surface area (Å²) in [5.74, 6) is 0.565. The fourth-order valence-corrected chi connectivity index (χ4v) is 3.75. The fourth-order valence-electron chi connectivity index (χ4n) is 3.75. The van der Waals surface area contributed by atoms with Crippen molar-refractivity contribution in [1.82, 2.24) is 0 Å². The molecule has 0 bridgehead atoms. The molecule has 0 unspecified atom stereocenters. The van der Waals surface area contributed by atoms with Crippen molar-refractivity contribution in [2.24, 2.45) is 0 Å². The van der Waals surface area contributed by atoms with Gasteiger partial charge in [0, 0.05) is 5.41 Å². The molecule has 0 saturated carbocycles. The Morgan fingerprint density at radius 1 is 0.565 bits per heavy atom. The Bertz CT molecular complexity index is 760. The number of phenols is 2. The van der Waals surface area contributed by atoms with Crippen molar-refractivity contribution >= 4 is 0 Å². The van der Waals surface area contributed by atoms with Gasteiger partial charge in [-0.15, -0.1) is 0 Å². The molecule has 0 amide bonds. The molecule has 0 aromatic heterocycles. The maximum atomic E-state index is 9.63. The second-order valence-corrected chi connectivity index (χ2v) is 6.30. The van der Waals surface area contributed by atoms with E-state index in [9.17, 15) is 10.2 Å². The maximum absolute atomic E-state index is 9.63. The Kier molecular flexibility index (Phi) is 3.12. The van der Waals surface area contributed by atoms with Crippen molar-refractivity contribution < 1.29 is 10.2 Å². The molecule has 1 aliphatic rings. The number of hydrogen-bond acceptors (Lipinski definition) is 2. The van der Waals surface area contributed by atoms with E-state index >= 15 is 0 Å². The van der Waals surface area contributed by atoms with E-state index in [0.717, 1.165) is 12.8 Å². The molecule has 114 valence electrons. The summed E-state index contributed by atoms with van der Waals surface area (Å²) in [6.45, 7) is 0. The van der Waals surface area contributed by atoms with Gasteiger partial charge in [-0.05, 0) is 59.4 Å². The van der Waals surface area contributed by atoms with Crippen LogP contribution < -0.4 is 0 Å². The van der Waals surface area contributed by atoms with Crippen LogP contribution in [0.1, 0.15) is 22.3 Å². The Balaban J connectivity index is 1.88. The quantitative estimate of drug-likeness (QED) is 0.745. The molecule has 1 aliphatic carbocycles. The van der Waals surface area contributed by atoms with Crippen molar-refractivity contribution in [3.05, 3.63) is 95.1 Å². The van der Waals surface area contributed by atoms with Crippen LogP contribution in [0.2, 0.25) is 0 Å². The van der Waals surface area contributed by atoms with Gasteiger partial charge in [-0.25, -0.2) is 0 Å². The highest BCUT2D eigenvalue weighted by Gasteiger charge is 2.40. The van der Waals surface area contributed by atoms with Gasteiger partial charge in [0.2, 0.25) is 0 Å². The van der Waals surface area contributed by atoms with Crippen LogP contribution in [-0.4, -0.2) is 10.2 Å². The largest absolute Gasteiger partial charge is 0.508 e. The van der Waals surface area contributed by atoms with Gasteiger partial charge < -0.3 is 10.2 Å². The minimum atomic E-state index is -0.148. The topological polar surface area (TPSA) is 40.5 Å². The van der Waals surface area contributed by atoms with Gasteiger partial charge in [-0.3, -0.25) is 0 Å². The lowest BCUT2D eigenvalue weighted by Crippen LogP contribution is -2.28. The second kappa shape index (κ2) is 5.17. The van der Waals surface area contributed by atoms with Crippen LogP contribution in [0.25, 0.3) is 0 Å². The molecule has 23 heavy (non-hydrogen) atoms. The third-order valence-corrected chi connectivity index (χ3v) is 4.94. The lowest BCUT2D eigenvalue weighted by atomic mass is 9.72. The Hall–Kier alpha value is -2.74. The van der Waals surface area contributed by atoms with Crippen LogP contribution >= 0.6 is 0 Å². The van der Waals surface area contributed by atoms with E-state index in [1.807, 2.05) is 24.3 Å². The van der Waals surface area contributed by atoms with E-state index in [1.54, 1.807) is 24.3 Å². The molecule has 0 saturated heterocycles. The van der Waals surface area contributed by atoms with Crippen molar-refractivity contribution in [3.63, 3.8) is 0 Å². The van der Waals surface area contributed by atoms with Gasteiger partial charge in [-0.2, -0.15) is 0 Å². The standard InChI is InChI=1S/C21H18O2/c22-19-9-5-17(6-10-19)21(18-7-11-20(23)12-8-18)13-15-3-1-2-4-16(15)14-21/h1-12,22-23H,13-14H2. The normalized spacial score (nSPS) is 15.3. The predicted molar refractivity (Wildman–Crippen MR) is 90.8 cm³/mol. The van der Waals surface area contributed by atoms with Crippen molar-refractivity contribution in [2.45, 2.75) is 18.3 Å². The molecule has 0 atom stereocenters. The predicted octanol–water partition coefficient (Wildman–Crippen LogP) is 4.18. The second-order valence-electron chi connectivity index (χ2n) is 6.30. The number of hydrogen-bond donors (Lipinski definition) is 2. The maximum Gasteiger partial charge on any atom is 0.115 e. The van der Waals surface area contributed by atoms with Crippen molar-refractivity contribution in [3.8, 4) is 11.5 Å². The van der Waals surface area contributed by atoms with Crippen LogP contribution in [0, 0.1) is 0 Å². The Morgan fingerprint density at radius 3 is 1.35 bits per heavy atom.